The zero-order valence-corrected chi connectivity index (χ0v) is 19.3. The van der Waals surface area contributed by atoms with Crippen LogP contribution in [0.4, 0.5) is 5.69 Å². The van der Waals surface area contributed by atoms with E-state index in [0.717, 1.165) is 11.1 Å². The van der Waals surface area contributed by atoms with E-state index < -0.39 is 26.5 Å². The summed E-state index contributed by atoms with van der Waals surface area (Å²) in [4.78, 5) is 24.8. The van der Waals surface area contributed by atoms with Crippen molar-refractivity contribution >= 4 is 39.1 Å². The molecule has 2 aromatic carbocycles. The Labute approximate surface area is 187 Å². The lowest BCUT2D eigenvalue weighted by atomic mass is 10.0. The second kappa shape index (κ2) is 9.84. The molecule has 2 unspecified atom stereocenters. The van der Waals surface area contributed by atoms with Gasteiger partial charge in [0.1, 0.15) is 5.50 Å². The van der Waals surface area contributed by atoms with Crippen molar-refractivity contribution in [2.24, 2.45) is 0 Å². The number of hydrogen-bond donors (Lipinski definition) is 3. The van der Waals surface area contributed by atoms with Gasteiger partial charge in [0.15, 0.2) is 15.1 Å². The molecule has 3 rings (SSSR count). The first kappa shape index (κ1) is 23.3. The van der Waals surface area contributed by atoms with Gasteiger partial charge in [-0.05, 0) is 42.7 Å². The number of anilines is 1. The molecule has 0 aromatic heterocycles. The monoisotopic (exact) mass is 461 g/mol. The van der Waals surface area contributed by atoms with Crippen LogP contribution in [-0.4, -0.2) is 43.3 Å². The highest BCUT2D eigenvalue weighted by molar-refractivity contribution is 8.00. The van der Waals surface area contributed by atoms with E-state index in [9.17, 15) is 18.0 Å². The van der Waals surface area contributed by atoms with Crippen molar-refractivity contribution in [2.45, 2.75) is 42.3 Å². The molecule has 0 radical (unpaired) electrons. The van der Waals surface area contributed by atoms with Gasteiger partial charge in [-0.1, -0.05) is 43.7 Å². The summed E-state index contributed by atoms with van der Waals surface area (Å²) in [5.41, 5.74) is 2.30. The molecule has 166 valence electrons. The number of aryl methyl sites for hydroxylation is 1. The number of sulfone groups is 1. The summed E-state index contributed by atoms with van der Waals surface area (Å²) in [6, 6.07) is 14.1. The Kier molecular flexibility index (Phi) is 7.40. The summed E-state index contributed by atoms with van der Waals surface area (Å²) < 4.78 is 25.8. The molecule has 2 atom stereocenters. The van der Waals surface area contributed by atoms with Crippen LogP contribution >= 0.6 is 11.8 Å². The van der Waals surface area contributed by atoms with E-state index in [1.807, 2.05) is 45.0 Å². The number of amides is 2. The van der Waals surface area contributed by atoms with Crippen molar-refractivity contribution in [3.8, 4) is 0 Å². The first-order valence-corrected chi connectivity index (χ1v) is 12.6. The van der Waals surface area contributed by atoms with Crippen molar-refractivity contribution in [1.29, 1.82) is 0 Å². The maximum atomic E-state index is 12.9. The first-order valence-electron chi connectivity index (χ1n) is 10.0. The predicted octanol–water partition coefficient (Wildman–Crippen LogP) is 2.64. The molecule has 1 fully saturated rings. The average Bonchev–Trinajstić information content (AvgIpc) is 2.74. The van der Waals surface area contributed by atoms with E-state index in [0.29, 0.717) is 5.69 Å². The molecule has 2 amide bonds. The van der Waals surface area contributed by atoms with Gasteiger partial charge in [-0.3, -0.25) is 14.9 Å². The Morgan fingerprint density at radius 2 is 1.77 bits per heavy atom. The lowest BCUT2D eigenvalue weighted by Crippen LogP contribution is -2.59. The van der Waals surface area contributed by atoms with Crippen molar-refractivity contribution in [1.82, 2.24) is 10.6 Å². The van der Waals surface area contributed by atoms with Gasteiger partial charge >= 0.3 is 0 Å². The van der Waals surface area contributed by atoms with Crippen LogP contribution in [0.2, 0.25) is 0 Å². The quantitative estimate of drug-likeness (QED) is 0.586. The summed E-state index contributed by atoms with van der Waals surface area (Å²) >= 11 is 1.20. The Morgan fingerprint density at radius 1 is 1.13 bits per heavy atom. The molecule has 0 saturated carbocycles. The van der Waals surface area contributed by atoms with Crippen LogP contribution in [0.15, 0.2) is 53.4 Å². The molecule has 0 spiro atoms. The molecular formula is C22H27N3O4S2. The van der Waals surface area contributed by atoms with Crippen LogP contribution < -0.4 is 16.0 Å². The smallest absolute Gasteiger partial charge is 0.241 e. The molecule has 1 aliphatic rings. The Hall–Kier alpha value is -2.36. The normalized spacial score (nSPS) is 19.2. The molecule has 1 heterocycles. The predicted molar refractivity (Wildman–Crippen MR) is 124 cm³/mol. The van der Waals surface area contributed by atoms with E-state index in [1.54, 1.807) is 24.3 Å². The maximum Gasteiger partial charge on any atom is 0.241 e. The highest BCUT2D eigenvalue weighted by atomic mass is 32.2. The molecule has 2 aromatic rings. The third-order valence-corrected chi connectivity index (χ3v) is 8.13. The first-order chi connectivity index (χ1) is 14.7. The maximum absolute atomic E-state index is 12.9. The molecule has 9 heteroatoms. The van der Waals surface area contributed by atoms with Crippen LogP contribution in [0.25, 0.3) is 0 Å². The number of thioether (sulfide) groups is 1. The van der Waals surface area contributed by atoms with Crippen molar-refractivity contribution in [3.05, 3.63) is 59.7 Å². The standard InChI is InChI=1S/C22H27N3O4S2/c1-14(2)16-6-10-18(11-7-16)31(28,29)19-12-23-22(25-21(19)27)30-13-20(26)24-17-8-4-15(3)5-9-17/h4-11,14,19,22-23H,12-13H2,1-3H3,(H,24,26)(H,25,27). The van der Waals surface area contributed by atoms with Gasteiger partial charge in [0, 0.05) is 12.2 Å². The molecule has 1 aliphatic heterocycles. The minimum absolute atomic E-state index is 0.0165. The number of carbonyl (C=O) groups excluding carboxylic acids is 2. The molecule has 7 nitrogen and oxygen atoms in total. The van der Waals surface area contributed by atoms with Crippen LogP contribution in [0.1, 0.15) is 30.9 Å². The van der Waals surface area contributed by atoms with E-state index in [4.69, 9.17) is 0 Å². The zero-order chi connectivity index (χ0) is 22.6. The minimum atomic E-state index is -3.82. The van der Waals surface area contributed by atoms with Gasteiger partial charge in [0.25, 0.3) is 0 Å². The summed E-state index contributed by atoms with van der Waals surface area (Å²) in [5.74, 6) is -0.370. The van der Waals surface area contributed by atoms with E-state index >= 15 is 0 Å². The van der Waals surface area contributed by atoms with Gasteiger partial charge in [0.2, 0.25) is 11.8 Å². The number of carbonyl (C=O) groups is 2. The molecule has 1 saturated heterocycles. The SMILES string of the molecule is Cc1ccc(NC(=O)CSC2NCC(S(=O)(=O)c3ccc(C(C)C)cc3)C(=O)N2)cc1. The van der Waals surface area contributed by atoms with Crippen LogP contribution in [0.3, 0.4) is 0 Å². The highest BCUT2D eigenvalue weighted by Crippen LogP contribution is 2.22. The third kappa shape index (κ3) is 5.87. The Bertz CT molecular complexity index is 1040. The summed E-state index contributed by atoms with van der Waals surface area (Å²) in [6.45, 7) is 6.01. The number of hydrogen-bond acceptors (Lipinski definition) is 6. The molecule has 3 N–H and O–H groups in total. The highest BCUT2D eigenvalue weighted by Gasteiger charge is 2.38. The topological polar surface area (TPSA) is 104 Å². The fraction of sp³-hybridized carbons (Fsp3) is 0.364. The fourth-order valence-corrected chi connectivity index (χ4v) is 5.44. The fourth-order valence-electron chi connectivity index (χ4n) is 3.13. The lowest BCUT2D eigenvalue weighted by molar-refractivity contribution is -0.122. The minimum Gasteiger partial charge on any atom is -0.331 e. The number of benzene rings is 2. The zero-order valence-electron chi connectivity index (χ0n) is 17.7. The van der Waals surface area contributed by atoms with Crippen molar-refractivity contribution < 1.29 is 18.0 Å². The van der Waals surface area contributed by atoms with Gasteiger partial charge in [-0.15, -0.1) is 11.8 Å². The summed E-state index contributed by atoms with van der Waals surface area (Å²) in [7, 11) is -3.82. The van der Waals surface area contributed by atoms with Gasteiger partial charge < -0.3 is 10.6 Å². The molecule has 0 aliphatic carbocycles. The van der Waals surface area contributed by atoms with Crippen molar-refractivity contribution in [2.75, 3.05) is 17.6 Å². The van der Waals surface area contributed by atoms with Crippen molar-refractivity contribution in [3.63, 3.8) is 0 Å². The largest absolute Gasteiger partial charge is 0.331 e. The van der Waals surface area contributed by atoms with Gasteiger partial charge in [-0.25, -0.2) is 8.42 Å². The van der Waals surface area contributed by atoms with Crippen LogP contribution in [0.5, 0.6) is 0 Å². The van der Waals surface area contributed by atoms with E-state index in [2.05, 4.69) is 16.0 Å². The van der Waals surface area contributed by atoms with Gasteiger partial charge in [0.05, 0.1) is 10.6 Å². The second-order valence-electron chi connectivity index (χ2n) is 7.78. The summed E-state index contributed by atoms with van der Waals surface area (Å²) in [6.07, 6.45) is 0. The van der Waals surface area contributed by atoms with E-state index in [1.165, 1.54) is 11.8 Å². The lowest BCUT2D eigenvalue weighted by Gasteiger charge is -2.29. The number of rotatable bonds is 7. The van der Waals surface area contributed by atoms with E-state index in [-0.39, 0.29) is 29.0 Å². The Morgan fingerprint density at radius 3 is 2.35 bits per heavy atom. The Balaban J connectivity index is 1.54. The number of nitrogens with one attached hydrogen (secondary N) is 3. The molecular weight excluding hydrogens is 434 g/mol. The molecule has 31 heavy (non-hydrogen) atoms. The van der Waals surface area contributed by atoms with Crippen LogP contribution in [-0.2, 0) is 19.4 Å². The average molecular weight is 462 g/mol. The molecule has 0 bridgehead atoms. The second-order valence-corrected chi connectivity index (χ2v) is 11.0. The third-order valence-electron chi connectivity index (χ3n) is 5.02. The van der Waals surface area contributed by atoms with Gasteiger partial charge in [-0.2, -0.15) is 0 Å². The summed E-state index contributed by atoms with van der Waals surface area (Å²) in [5, 5.41) is 7.23. The van der Waals surface area contributed by atoms with Crippen LogP contribution in [0, 0.1) is 6.92 Å².